The van der Waals surface area contributed by atoms with E-state index in [0.717, 1.165) is 17.3 Å². The van der Waals surface area contributed by atoms with Crippen LogP contribution in [0.2, 0.25) is 5.02 Å². The first-order chi connectivity index (χ1) is 12.0. The summed E-state index contributed by atoms with van der Waals surface area (Å²) in [5, 5.41) is 4.52. The molecule has 1 heterocycles. The van der Waals surface area contributed by atoms with Gasteiger partial charge in [0.2, 0.25) is 5.91 Å². The second-order valence-corrected chi connectivity index (χ2v) is 6.39. The molecule has 3 aromatic rings. The molecule has 0 radical (unpaired) electrons. The van der Waals surface area contributed by atoms with Gasteiger partial charge in [0.15, 0.2) is 0 Å². The summed E-state index contributed by atoms with van der Waals surface area (Å²) in [5.41, 5.74) is 2.98. The Hall–Kier alpha value is -2.46. The normalized spacial score (nSPS) is 12.2. The van der Waals surface area contributed by atoms with Crippen LogP contribution in [0.3, 0.4) is 0 Å². The van der Waals surface area contributed by atoms with E-state index in [2.05, 4.69) is 30.4 Å². The van der Waals surface area contributed by atoms with Gasteiger partial charge >= 0.3 is 0 Å². The Balaban J connectivity index is 1.82. The molecule has 25 heavy (non-hydrogen) atoms. The van der Waals surface area contributed by atoms with Crippen molar-refractivity contribution in [3.8, 4) is 5.75 Å². The van der Waals surface area contributed by atoms with Crippen LogP contribution < -0.4 is 10.1 Å². The van der Waals surface area contributed by atoms with Crippen LogP contribution in [-0.2, 0) is 11.2 Å². The smallest absolute Gasteiger partial charge is 0.247 e. The van der Waals surface area contributed by atoms with Crippen molar-refractivity contribution in [1.82, 2.24) is 4.57 Å². The summed E-state index contributed by atoms with van der Waals surface area (Å²) in [6.07, 6.45) is 2.95. The van der Waals surface area contributed by atoms with Gasteiger partial charge in [0.1, 0.15) is 11.8 Å². The number of carbonyl (C=O) groups is 1. The van der Waals surface area contributed by atoms with E-state index in [1.54, 1.807) is 25.3 Å². The molecule has 0 aliphatic carbocycles. The van der Waals surface area contributed by atoms with Gasteiger partial charge in [0, 0.05) is 17.4 Å². The first-order valence-electron chi connectivity index (χ1n) is 8.27. The molecule has 3 rings (SSSR count). The van der Waals surface area contributed by atoms with E-state index in [1.165, 1.54) is 5.56 Å². The van der Waals surface area contributed by atoms with Gasteiger partial charge in [-0.3, -0.25) is 4.79 Å². The van der Waals surface area contributed by atoms with Gasteiger partial charge in [0.25, 0.3) is 0 Å². The third-order valence-electron chi connectivity index (χ3n) is 4.41. The van der Waals surface area contributed by atoms with Crippen molar-refractivity contribution in [2.45, 2.75) is 26.3 Å². The molecule has 2 aromatic carbocycles. The number of ether oxygens (including phenoxy) is 1. The Labute approximate surface area is 152 Å². The highest BCUT2D eigenvalue weighted by Gasteiger charge is 2.17. The minimum absolute atomic E-state index is 0.0988. The van der Waals surface area contributed by atoms with Gasteiger partial charge in [0.05, 0.1) is 12.1 Å². The first-order valence-corrected chi connectivity index (χ1v) is 8.65. The molecule has 1 unspecified atom stereocenters. The van der Waals surface area contributed by atoms with Gasteiger partial charge in [-0.1, -0.05) is 24.6 Å². The molecule has 1 amide bonds. The number of carbonyl (C=O) groups excluding carboxylic acids is 1. The van der Waals surface area contributed by atoms with Crippen LogP contribution in [0, 0.1) is 0 Å². The van der Waals surface area contributed by atoms with E-state index < -0.39 is 0 Å². The number of anilines is 1. The molecule has 1 aromatic heterocycles. The van der Waals surface area contributed by atoms with E-state index >= 15 is 0 Å². The number of aromatic nitrogens is 1. The molecule has 0 saturated carbocycles. The molecule has 0 aliphatic rings. The maximum atomic E-state index is 12.6. The molecular formula is C20H21ClN2O2. The van der Waals surface area contributed by atoms with Crippen LogP contribution in [0.15, 0.2) is 48.7 Å². The number of halogens is 1. The molecule has 5 heteroatoms. The lowest BCUT2D eigenvalue weighted by molar-refractivity contribution is -0.118. The number of nitrogens with zero attached hydrogens (tertiary/aromatic N) is 1. The third kappa shape index (κ3) is 3.49. The SMILES string of the molecule is CCc1ccc2c(ccn2C(C)C(=O)Nc2ccc(OC)c(Cl)c2)c1. The number of hydrogen-bond donors (Lipinski definition) is 1. The van der Waals surface area contributed by atoms with E-state index in [9.17, 15) is 4.79 Å². The topological polar surface area (TPSA) is 43.3 Å². The fourth-order valence-electron chi connectivity index (χ4n) is 2.89. The van der Waals surface area contributed by atoms with Gasteiger partial charge < -0.3 is 14.6 Å². The predicted octanol–water partition coefficient (Wildman–Crippen LogP) is 5.07. The van der Waals surface area contributed by atoms with Crippen molar-refractivity contribution in [3.63, 3.8) is 0 Å². The van der Waals surface area contributed by atoms with E-state index in [0.29, 0.717) is 16.5 Å². The van der Waals surface area contributed by atoms with Crippen LogP contribution in [0.1, 0.15) is 25.5 Å². The zero-order chi connectivity index (χ0) is 18.0. The average molecular weight is 357 g/mol. The van der Waals surface area contributed by atoms with Gasteiger partial charge in [-0.15, -0.1) is 0 Å². The summed E-state index contributed by atoms with van der Waals surface area (Å²) in [5.74, 6) is 0.481. The Morgan fingerprint density at radius 3 is 2.72 bits per heavy atom. The van der Waals surface area contributed by atoms with Crippen molar-refractivity contribution in [3.05, 3.63) is 59.2 Å². The Bertz CT molecular complexity index is 917. The summed E-state index contributed by atoms with van der Waals surface area (Å²) in [7, 11) is 1.56. The van der Waals surface area contributed by atoms with Gasteiger partial charge in [-0.2, -0.15) is 0 Å². The minimum Gasteiger partial charge on any atom is -0.495 e. The van der Waals surface area contributed by atoms with Crippen LogP contribution in [0.5, 0.6) is 5.75 Å². The van der Waals surface area contributed by atoms with Gasteiger partial charge in [-0.25, -0.2) is 0 Å². The second kappa shape index (κ2) is 7.19. The summed E-state index contributed by atoms with van der Waals surface area (Å²) in [6.45, 7) is 4.02. The second-order valence-electron chi connectivity index (χ2n) is 5.98. The van der Waals surface area contributed by atoms with Crippen molar-refractivity contribution < 1.29 is 9.53 Å². The molecule has 130 valence electrons. The lowest BCUT2D eigenvalue weighted by Gasteiger charge is -2.16. The molecule has 0 aliphatic heterocycles. The number of amides is 1. The van der Waals surface area contributed by atoms with Crippen molar-refractivity contribution >= 4 is 34.1 Å². The molecule has 1 N–H and O–H groups in total. The Kier molecular flexibility index (Phi) is 5.00. The Morgan fingerprint density at radius 2 is 2.04 bits per heavy atom. The number of benzene rings is 2. The highest BCUT2D eigenvalue weighted by molar-refractivity contribution is 6.32. The van der Waals surface area contributed by atoms with Crippen LogP contribution in [0.25, 0.3) is 10.9 Å². The highest BCUT2D eigenvalue weighted by Crippen LogP contribution is 2.28. The molecule has 0 fully saturated rings. The quantitative estimate of drug-likeness (QED) is 0.693. The van der Waals surface area contributed by atoms with Crippen molar-refractivity contribution in [1.29, 1.82) is 0 Å². The largest absolute Gasteiger partial charge is 0.495 e. The zero-order valence-corrected chi connectivity index (χ0v) is 15.3. The number of hydrogen-bond acceptors (Lipinski definition) is 2. The average Bonchev–Trinajstić information content (AvgIpc) is 3.04. The number of fused-ring (bicyclic) bond motifs is 1. The standard InChI is InChI=1S/C20H21ClN2O2/c1-4-14-5-7-18-15(11-14)9-10-23(18)13(2)20(24)22-16-6-8-19(25-3)17(21)12-16/h5-13H,4H2,1-3H3,(H,22,24). The lowest BCUT2D eigenvalue weighted by atomic mass is 10.1. The number of rotatable bonds is 5. The molecular weight excluding hydrogens is 336 g/mol. The molecule has 0 bridgehead atoms. The maximum Gasteiger partial charge on any atom is 0.247 e. The number of nitrogens with one attached hydrogen (secondary N) is 1. The summed E-state index contributed by atoms with van der Waals surface area (Å²) < 4.78 is 7.11. The highest BCUT2D eigenvalue weighted by atomic mass is 35.5. The maximum absolute atomic E-state index is 12.6. The van der Waals surface area contributed by atoms with E-state index in [4.69, 9.17) is 16.3 Å². The summed E-state index contributed by atoms with van der Waals surface area (Å²) in [6, 6.07) is 13.2. The fraction of sp³-hybridized carbons (Fsp3) is 0.250. The lowest BCUT2D eigenvalue weighted by Crippen LogP contribution is -2.23. The van der Waals surface area contributed by atoms with E-state index in [-0.39, 0.29) is 11.9 Å². The van der Waals surface area contributed by atoms with Gasteiger partial charge in [-0.05, 0) is 60.7 Å². The first kappa shape index (κ1) is 17.4. The molecule has 4 nitrogen and oxygen atoms in total. The fourth-order valence-corrected chi connectivity index (χ4v) is 3.15. The minimum atomic E-state index is -0.342. The van der Waals surface area contributed by atoms with Crippen LogP contribution >= 0.6 is 11.6 Å². The predicted molar refractivity (Wildman–Crippen MR) is 103 cm³/mol. The van der Waals surface area contributed by atoms with Crippen LogP contribution in [-0.4, -0.2) is 17.6 Å². The van der Waals surface area contributed by atoms with Crippen molar-refractivity contribution in [2.24, 2.45) is 0 Å². The third-order valence-corrected chi connectivity index (χ3v) is 4.70. The van der Waals surface area contributed by atoms with Crippen molar-refractivity contribution in [2.75, 3.05) is 12.4 Å². The monoisotopic (exact) mass is 356 g/mol. The summed E-state index contributed by atoms with van der Waals surface area (Å²) >= 11 is 6.12. The molecule has 1 atom stereocenters. The Morgan fingerprint density at radius 1 is 1.24 bits per heavy atom. The van der Waals surface area contributed by atoms with E-state index in [1.807, 2.05) is 23.8 Å². The zero-order valence-electron chi connectivity index (χ0n) is 14.5. The molecule has 0 saturated heterocycles. The summed E-state index contributed by atoms with van der Waals surface area (Å²) in [4.78, 5) is 12.6. The number of methoxy groups -OCH3 is 1. The van der Waals surface area contributed by atoms with Crippen LogP contribution in [0.4, 0.5) is 5.69 Å². The number of aryl methyl sites for hydroxylation is 1. The molecule has 0 spiro atoms.